The average molecular weight is 260 g/mol. The van der Waals surface area contributed by atoms with Gasteiger partial charge in [0.05, 0.1) is 5.41 Å². The first-order valence-electron chi connectivity index (χ1n) is 7.05. The highest BCUT2D eigenvalue weighted by Gasteiger charge is 2.34. The molecule has 0 saturated heterocycles. The lowest BCUT2D eigenvalue weighted by Gasteiger charge is -2.27. The van der Waals surface area contributed by atoms with E-state index in [2.05, 4.69) is 34.9 Å². The minimum atomic E-state index is -0.378. The lowest BCUT2D eigenvalue weighted by Crippen LogP contribution is -2.43. The third-order valence-electron chi connectivity index (χ3n) is 3.86. The maximum absolute atomic E-state index is 11.8. The van der Waals surface area contributed by atoms with Gasteiger partial charge in [-0.3, -0.25) is 4.79 Å². The first-order valence-corrected chi connectivity index (χ1v) is 7.05. The van der Waals surface area contributed by atoms with Crippen LogP contribution in [0, 0.1) is 11.3 Å². The minimum Gasteiger partial charge on any atom is -0.359 e. The Labute approximate surface area is 115 Å². The van der Waals surface area contributed by atoms with Crippen molar-refractivity contribution in [3.05, 3.63) is 35.9 Å². The number of benzene rings is 1. The van der Waals surface area contributed by atoms with Gasteiger partial charge in [-0.2, -0.15) is 0 Å². The molecule has 2 N–H and O–H groups in total. The van der Waals surface area contributed by atoms with E-state index in [-0.39, 0.29) is 11.3 Å². The SMILES string of the molecule is CNC(=O)C(C)(C)CNC(c1ccccc1)C1CC1. The van der Waals surface area contributed by atoms with Gasteiger partial charge in [-0.25, -0.2) is 0 Å². The van der Waals surface area contributed by atoms with E-state index in [0.717, 1.165) is 5.92 Å². The molecule has 1 fully saturated rings. The summed E-state index contributed by atoms with van der Waals surface area (Å²) in [6.07, 6.45) is 2.57. The molecule has 1 atom stereocenters. The molecule has 1 saturated carbocycles. The molecule has 0 heterocycles. The monoisotopic (exact) mass is 260 g/mol. The molecule has 104 valence electrons. The summed E-state index contributed by atoms with van der Waals surface area (Å²) in [5, 5.41) is 6.33. The van der Waals surface area contributed by atoms with Gasteiger partial charge in [0.15, 0.2) is 0 Å². The van der Waals surface area contributed by atoms with Crippen LogP contribution in [0.1, 0.15) is 38.3 Å². The van der Waals surface area contributed by atoms with Crippen molar-refractivity contribution in [1.82, 2.24) is 10.6 Å². The van der Waals surface area contributed by atoms with Crippen molar-refractivity contribution in [2.24, 2.45) is 11.3 Å². The molecule has 3 heteroatoms. The molecule has 0 spiro atoms. The van der Waals surface area contributed by atoms with Crippen LogP contribution in [0.3, 0.4) is 0 Å². The Morgan fingerprint density at radius 2 is 1.95 bits per heavy atom. The Bertz CT molecular complexity index is 424. The first-order chi connectivity index (χ1) is 9.04. The van der Waals surface area contributed by atoms with Crippen LogP contribution >= 0.6 is 0 Å². The average Bonchev–Trinajstić information content (AvgIpc) is 3.23. The van der Waals surface area contributed by atoms with E-state index in [1.54, 1.807) is 7.05 Å². The molecule has 1 aromatic carbocycles. The standard InChI is InChI=1S/C16H24N2O/c1-16(2,15(19)17-3)11-18-14(13-9-10-13)12-7-5-4-6-8-12/h4-8,13-14,18H,9-11H2,1-3H3,(H,17,19). The van der Waals surface area contributed by atoms with Crippen LogP contribution < -0.4 is 10.6 Å². The number of hydrogen-bond acceptors (Lipinski definition) is 2. The van der Waals surface area contributed by atoms with Crippen LogP contribution in [0.15, 0.2) is 30.3 Å². The van der Waals surface area contributed by atoms with Gasteiger partial charge in [0.1, 0.15) is 0 Å². The molecule has 2 rings (SSSR count). The van der Waals surface area contributed by atoms with Gasteiger partial charge in [-0.1, -0.05) is 30.3 Å². The van der Waals surface area contributed by atoms with E-state index in [9.17, 15) is 4.79 Å². The Kier molecular flexibility index (Phi) is 4.25. The Hall–Kier alpha value is -1.35. The summed E-state index contributed by atoms with van der Waals surface area (Å²) >= 11 is 0. The fraction of sp³-hybridized carbons (Fsp3) is 0.562. The second-order valence-corrected chi connectivity index (χ2v) is 6.07. The number of amides is 1. The van der Waals surface area contributed by atoms with Crippen LogP contribution in [-0.4, -0.2) is 19.5 Å². The Morgan fingerprint density at radius 1 is 1.32 bits per heavy atom. The number of hydrogen-bond donors (Lipinski definition) is 2. The Morgan fingerprint density at radius 3 is 2.47 bits per heavy atom. The highest BCUT2D eigenvalue weighted by molar-refractivity contribution is 5.81. The fourth-order valence-corrected chi connectivity index (χ4v) is 2.43. The van der Waals surface area contributed by atoms with Crippen LogP contribution in [0.25, 0.3) is 0 Å². The minimum absolute atomic E-state index is 0.0857. The molecule has 3 nitrogen and oxygen atoms in total. The molecule has 1 aromatic rings. The van der Waals surface area contributed by atoms with Gasteiger partial charge in [0.2, 0.25) is 5.91 Å². The van der Waals surface area contributed by atoms with Crippen molar-refractivity contribution >= 4 is 5.91 Å². The van der Waals surface area contributed by atoms with Gasteiger partial charge < -0.3 is 10.6 Å². The van der Waals surface area contributed by atoms with E-state index < -0.39 is 0 Å². The summed E-state index contributed by atoms with van der Waals surface area (Å²) in [6.45, 7) is 4.66. The largest absolute Gasteiger partial charge is 0.359 e. The summed E-state index contributed by atoms with van der Waals surface area (Å²) < 4.78 is 0. The normalized spacial score (nSPS) is 17.0. The Balaban J connectivity index is 2.01. The van der Waals surface area contributed by atoms with E-state index in [1.807, 2.05) is 19.9 Å². The third-order valence-corrected chi connectivity index (χ3v) is 3.86. The van der Waals surface area contributed by atoms with Crippen LogP contribution in [0.4, 0.5) is 0 Å². The molecule has 1 amide bonds. The zero-order chi connectivity index (χ0) is 13.9. The van der Waals surface area contributed by atoms with Crippen LogP contribution in [0.2, 0.25) is 0 Å². The molecule has 1 aliphatic rings. The van der Waals surface area contributed by atoms with Gasteiger partial charge in [-0.15, -0.1) is 0 Å². The topological polar surface area (TPSA) is 41.1 Å². The van der Waals surface area contributed by atoms with Crippen molar-refractivity contribution in [3.63, 3.8) is 0 Å². The smallest absolute Gasteiger partial charge is 0.226 e. The number of nitrogens with one attached hydrogen (secondary N) is 2. The molecule has 0 radical (unpaired) electrons. The zero-order valence-corrected chi connectivity index (χ0v) is 12.1. The molecule has 1 unspecified atom stereocenters. The number of carbonyl (C=O) groups is 1. The predicted octanol–water partition coefficient (Wildman–Crippen LogP) is 2.50. The first kappa shape index (κ1) is 14.1. The van der Waals surface area contributed by atoms with Crippen molar-refractivity contribution in [3.8, 4) is 0 Å². The number of rotatable bonds is 6. The summed E-state index contributed by atoms with van der Waals surface area (Å²) in [7, 11) is 1.69. The van der Waals surface area contributed by atoms with Crippen molar-refractivity contribution in [2.45, 2.75) is 32.7 Å². The zero-order valence-electron chi connectivity index (χ0n) is 12.1. The van der Waals surface area contributed by atoms with Gasteiger partial charge in [-0.05, 0) is 38.2 Å². The summed E-state index contributed by atoms with van der Waals surface area (Å²) in [6, 6.07) is 10.9. The molecule has 19 heavy (non-hydrogen) atoms. The molecular weight excluding hydrogens is 236 g/mol. The molecule has 0 aromatic heterocycles. The van der Waals surface area contributed by atoms with E-state index in [4.69, 9.17) is 0 Å². The molecule has 0 aliphatic heterocycles. The van der Waals surface area contributed by atoms with Crippen LogP contribution in [0.5, 0.6) is 0 Å². The third kappa shape index (κ3) is 3.57. The quantitative estimate of drug-likeness (QED) is 0.825. The lowest BCUT2D eigenvalue weighted by molar-refractivity contribution is -0.128. The molecule has 1 aliphatic carbocycles. The van der Waals surface area contributed by atoms with Crippen molar-refractivity contribution < 1.29 is 4.79 Å². The lowest BCUT2D eigenvalue weighted by atomic mass is 9.91. The number of carbonyl (C=O) groups excluding carboxylic acids is 1. The second kappa shape index (κ2) is 5.74. The van der Waals surface area contributed by atoms with Gasteiger partial charge in [0.25, 0.3) is 0 Å². The molecular formula is C16H24N2O. The maximum Gasteiger partial charge on any atom is 0.226 e. The highest BCUT2D eigenvalue weighted by atomic mass is 16.2. The molecule has 0 bridgehead atoms. The van der Waals surface area contributed by atoms with Gasteiger partial charge >= 0.3 is 0 Å². The van der Waals surface area contributed by atoms with Crippen molar-refractivity contribution in [2.75, 3.05) is 13.6 Å². The van der Waals surface area contributed by atoms with E-state index in [0.29, 0.717) is 12.6 Å². The van der Waals surface area contributed by atoms with Crippen molar-refractivity contribution in [1.29, 1.82) is 0 Å². The van der Waals surface area contributed by atoms with E-state index >= 15 is 0 Å². The summed E-state index contributed by atoms with van der Waals surface area (Å²) in [5.41, 5.74) is 0.953. The summed E-state index contributed by atoms with van der Waals surface area (Å²) in [4.78, 5) is 11.8. The van der Waals surface area contributed by atoms with E-state index in [1.165, 1.54) is 18.4 Å². The fourth-order valence-electron chi connectivity index (χ4n) is 2.43. The summed E-state index contributed by atoms with van der Waals surface area (Å²) in [5.74, 6) is 0.811. The predicted molar refractivity (Wildman–Crippen MR) is 77.8 cm³/mol. The van der Waals surface area contributed by atoms with Crippen LogP contribution in [-0.2, 0) is 4.79 Å². The highest BCUT2D eigenvalue weighted by Crippen LogP contribution is 2.41. The second-order valence-electron chi connectivity index (χ2n) is 6.07. The maximum atomic E-state index is 11.8. The van der Waals surface area contributed by atoms with Gasteiger partial charge in [0, 0.05) is 19.6 Å².